The maximum absolute atomic E-state index is 13.4. The molecular weight excluding hydrogens is 239 g/mol. The van der Waals surface area contributed by atoms with Gasteiger partial charge in [-0.25, -0.2) is 4.98 Å². The number of halogens is 1. The van der Waals surface area contributed by atoms with E-state index in [0.717, 1.165) is 5.75 Å². The van der Waals surface area contributed by atoms with Gasteiger partial charge < -0.3 is 4.90 Å². The van der Waals surface area contributed by atoms with Crippen LogP contribution in [-0.4, -0.2) is 39.4 Å². The second-order valence-corrected chi connectivity index (χ2v) is 6.48. The van der Waals surface area contributed by atoms with Gasteiger partial charge in [-0.3, -0.25) is 4.79 Å². The molecule has 0 saturated carbocycles. The molecule has 92 valence electrons. The number of aromatic nitrogens is 1. The smallest absolute Gasteiger partial charge is 0.258 e. The Hall–Kier alpha value is -1.10. The highest BCUT2D eigenvalue weighted by Crippen LogP contribution is 2.30. The molecule has 0 spiro atoms. The lowest BCUT2D eigenvalue weighted by atomic mass is 10.1. The first-order valence-electron chi connectivity index (χ1n) is 5.53. The number of nitrogens with zero attached hydrogens (tertiary/aromatic N) is 2. The minimum atomic E-state index is -0.687. The molecule has 0 bridgehead atoms. The Morgan fingerprint density at radius 3 is 3.00 bits per heavy atom. The van der Waals surface area contributed by atoms with E-state index in [0.29, 0.717) is 13.1 Å². The van der Waals surface area contributed by atoms with E-state index in [1.807, 2.05) is 11.8 Å². The number of carbonyl (C=O) groups excluding carboxylic acids is 1. The fourth-order valence-corrected chi connectivity index (χ4v) is 3.02. The van der Waals surface area contributed by atoms with Gasteiger partial charge in [0, 0.05) is 29.8 Å². The molecule has 0 radical (unpaired) electrons. The summed E-state index contributed by atoms with van der Waals surface area (Å²) in [7, 11) is 0. The van der Waals surface area contributed by atoms with Gasteiger partial charge >= 0.3 is 0 Å². The minimum absolute atomic E-state index is 0.0343. The lowest BCUT2D eigenvalue weighted by molar-refractivity contribution is 0.0742. The maximum atomic E-state index is 13.4. The number of hydrogen-bond donors (Lipinski definition) is 0. The van der Waals surface area contributed by atoms with Crippen LogP contribution in [0.5, 0.6) is 0 Å². The molecule has 0 unspecified atom stereocenters. The van der Waals surface area contributed by atoms with Crippen molar-refractivity contribution >= 4 is 17.7 Å². The van der Waals surface area contributed by atoms with Crippen molar-refractivity contribution in [3.63, 3.8) is 0 Å². The topological polar surface area (TPSA) is 33.2 Å². The molecule has 1 aromatic rings. The summed E-state index contributed by atoms with van der Waals surface area (Å²) in [5.74, 6) is -0.0572. The summed E-state index contributed by atoms with van der Waals surface area (Å²) in [6.45, 7) is 5.50. The first kappa shape index (κ1) is 12.4. The summed E-state index contributed by atoms with van der Waals surface area (Å²) in [4.78, 5) is 17.4. The third kappa shape index (κ3) is 2.77. The van der Waals surface area contributed by atoms with E-state index >= 15 is 0 Å². The van der Waals surface area contributed by atoms with Crippen molar-refractivity contribution < 1.29 is 9.18 Å². The zero-order chi connectivity index (χ0) is 12.5. The molecule has 17 heavy (non-hydrogen) atoms. The molecule has 5 heteroatoms. The number of amides is 1. The molecule has 1 aromatic heterocycles. The van der Waals surface area contributed by atoms with Crippen molar-refractivity contribution in [2.24, 2.45) is 0 Å². The van der Waals surface area contributed by atoms with Crippen LogP contribution in [0.3, 0.4) is 0 Å². The van der Waals surface area contributed by atoms with Crippen LogP contribution in [-0.2, 0) is 0 Å². The van der Waals surface area contributed by atoms with Crippen LogP contribution in [0.2, 0.25) is 0 Å². The van der Waals surface area contributed by atoms with Gasteiger partial charge in [0.05, 0.1) is 5.56 Å². The average molecular weight is 254 g/mol. The molecule has 1 amide bonds. The van der Waals surface area contributed by atoms with E-state index in [2.05, 4.69) is 18.8 Å². The predicted molar refractivity (Wildman–Crippen MR) is 66.6 cm³/mol. The van der Waals surface area contributed by atoms with E-state index in [4.69, 9.17) is 0 Å². The SMILES string of the molecule is CC1(C)CN(C(=O)c2cccnc2F)CCS1. The van der Waals surface area contributed by atoms with Crippen LogP contribution in [0.1, 0.15) is 24.2 Å². The van der Waals surface area contributed by atoms with E-state index in [9.17, 15) is 9.18 Å². The Labute approximate surface area is 104 Å². The largest absolute Gasteiger partial charge is 0.336 e. The number of rotatable bonds is 1. The molecular formula is C12H15FN2OS. The maximum Gasteiger partial charge on any atom is 0.258 e. The van der Waals surface area contributed by atoms with Crippen molar-refractivity contribution in [2.75, 3.05) is 18.8 Å². The van der Waals surface area contributed by atoms with Crippen LogP contribution in [0, 0.1) is 5.95 Å². The number of carbonyl (C=O) groups is 1. The molecule has 2 heterocycles. The molecule has 0 aromatic carbocycles. The molecule has 0 atom stereocenters. The molecule has 0 aliphatic carbocycles. The van der Waals surface area contributed by atoms with Crippen LogP contribution < -0.4 is 0 Å². The molecule has 1 aliphatic heterocycles. The van der Waals surface area contributed by atoms with E-state index in [-0.39, 0.29) is 16.2 Å². The highest BCUT2D eigenvalue weighted by molar-refractivity contribution is 8.00. The number of hydrogen-bond acceptors (Lipinski definition) is 3. The van der Waals surface area contributed by atoms with Crippen molar-refractivity contribution in [3.05, 3.63) is 29.8 Å². The van der Waals surface area contributed by atoms with Gasteiger partial charge in [-0.2, -0.15) is 16.2 Å². The van der Waals surface area contributed by atoms with Crippen LogP contribution in [0.25, 0.3) is 0 Å². The van der Waals surface area contributed by atoms with Gasteiger partial charge in [0.25, 0.3) is 5.91 Å². The third-order valence-corrected chi connectivity index (χ3v) is 4.00. The molecule has 0 N–H and O–H groups in total. The monoisotopic (exact) mass is 254 g/mol. The average Bonchev–Trinajstić information content (AvgIpc) is 2.27. The molecule has 3 nitrogen and oxygen atoms in total. The Morgan fingerprint density at radius 1 is 1.59 bits per heavy atom. The Morgan fingerprint density at radius 2 is 2.35 bits per heavy atom. The minimum Gasteiger partial charge on any atom is -0.336 e. The van der Waals surface area contributed by atoms with Crippen LogP contribution in [0.15, 0.2) is 18.3 Å². The summed E-state index contributed by atoms with van der Waals surface area (Å²) < 4.78 is 13.5. The number of pyridine rings is 1. The van der Waals surface area contributed by atoms with Crippen molar-refractivity contribution in [1.29, 1.82) is 0 Å². The molecule has 1 aliphatic rings. The Balaban J connectivity index is 2.18. The molecule has 1 fully saturated rings. The van der Waals surface area contributed by atoms with Gasteiger partial charge in [0.2, 0.25) is 5.95 Å². The first-order valence-corrected chi connectivity index (χ1v) is 6.52. The fourth-order valence-electron chi connectivity index (χ4n) is 1.91. The van der Waals surface area contributed by atoms with Gasteiger partial charge in [-0.15, -0.1) is 0 Å². The normalized spacial score (nSPS) is 19.1. The highest BCUT2D eigenvalue weighted by atomic mass is 32.2. The quantitative estimate of drug-likeness (QED) is 0.720. The Kier molecular flexibility index (Phi) is 3.38. The first-order chi connectivity index (χ1) is 7.99. The van der Waals surface area contributed by atoms with E-state index in [1.165, 1.54) is 12.3 Å². The van der Waals surface area contributed by atoms with Gasteiger partial charge in [0.15, 0.2) is 0 Å². The summed E-state index contributed by atoms with van der Waals surface area (Å²) in [5.41, 5.74) is 0.0650. The Bertz CT molecular complexity index is 436. The predicted octanol–water partition coefficient (Wildman–Crippen LogP) is 2.19. The van der Waals surface area contributed by atoms with Gasteiger partial charge in [-0.1, -0.05) is 0 Å². The second kappa shape index (κ2) is 4.64. The van der Waals surface area contributed by atoms with Crippen molar-refractivity contribution in [2.45, 2.75) is 18.6 Å². The second-order valence-electron chi connectivity index (χ2n) is 4.68. The lowest BCUT2D eigenvalue weighted by Gasteiger charge is -2.37. The van der Waals surface area contributed by atoms with Crippen molar-refractivity contribution in [1.82, 2.24) is 9.88 Å². The standard InChI is InChI=1S/C12H15FN2OS/c1-12(2)8-15(6-7-17-12)11(16)9-4-3-5-14-10(9)13/h3-5H,6-8H2,1-2H3. The summed E-state index contributed by atoms with van der Waals surface area (Å²) in [6.07, 6.45) is 1.35. The summed E-state index contributed by atoms with van der Waals surface area (Å²) in [5, 5.41) is 0. The zero-order valence-corrected chi connectivity index (χ0v) is 10.8. The van der Waals surface area contributed by atoms with Crippen LogP contribution >= 0.6 is 11.8 Å². The van der Waals surface area contributed by atoms with Gasteiger partial charge in [0.1, 0.15) is 0 Å². The summed E-state index contributed by atoms with van der Waals surface area (Å²) in [6, 6.07) is 3.07. The van der Waals surface area contributed by atoms with Crippen LogP contribution in [0.4, 0.5) is 4.39 Å². The third-order valence-electron chi connectivity index (χ3n) is 2.70. The van der Waals surface area contributed by atoms with Crippen molar-refractivity contribution in [3.8, 4) is 0 Å². The fraction of sp³-hybridized carbons (Fsp3) is 0.500. The van der Waals surface area contributed by atoms with Gasteiger partial charge in [-0.05, 0) is 26.0 Å². The van der Waals surface area contributed by atoms with E-state index < -0.39 is 5.95 Å². The van der Waals surface area contributed by atoms with E-state index in [1.54, 1.807) is 11.0 Å². The molecule has 2 rings (SSSR count). The zero-order valence-electron chi connectivity index (χ0n) is 9.94. The number of thioether (sulfide) groups is 1. The lowest BCUT2D eigenvalue weighted by Crippen LogP contribution is -2.46. The summed E-state index contributed by atoms with van der Waals surface area (Å²) >= 11 is 1.84. The highest BCUT2D eigenvalue weighted by Gasteiger charge is 2.31. The molecule has 1 saturated heterocycles.